The molecule has 0 fully saturated rings. The van der Waals surface area contributed by atoms with Crippen LogP contribution in [0.25, 0.3) is 11.0 Å². The van der Waals surface area contributed by atoms with Gasteiger partial charge in [0, 0.05) is 0 Å². The smallest absolute Gasteiger partial charge is 0.254 e. The van der Waals surface area contributed by atoms with E-state index in [0.29, 0.717) is 5.82 Å². The van der Waals surface area contributed by atoms with Crippen LogP contribution in [0.5, 0.6) is 0 Å². The quantitative estimate of drug-likeness (QED) is 0.728. The summed E-state index contributed by atoms with van der Waals surface area (Å²) >= 11 is 11.6. The Hall–Kier alpha value is -2.11. The maximum Gasteiger partial charge on any atom is 0.254 e. The molecular formula is C14H10Cl2N4O. The molecule has 5 nitrogen and oxygen atoms in total. The molecule has 0 bridgehead atoms. The fourth-order valence-corrected chi connectivity index (χ4v) is 2.36. The van der Waals surface area contributed by atoms with Crippen LogP contribution in [0.2, 0.25) is 10.3 Å². The number of rotatable bonds is 3. The number of carbonyl (C=O) groups is 1. The number of aromatic amines is 1. The van der Waals surface area contributed by atoms with Gasteiger partial charge in [-0.3, -0.25) is 4.79 Å². The van der Waals surface area contributed by atoms with Crippen molar-refractivity contribution in [3.05, 3.63) is 58.1 Å². The lowest BCUT2D eigenvalue weighted by Gasteiger charge is -2.04. The standard InChI is InChI=1S/C14H10Cl2N4O/c15-11-6-5-8(13(16)20-11)14(21)17-7-12-18-9-3-1-2-4-10(9)19-12/h1-6H,7H2,(H,17,21)(H,18,19). The fourth-order valence-electron chi connectivity index (χ4n) is 1.93. The van der Waals surface area contributed by atoms with Gasteiger partial charge in [0.05, 0.1) is 23.1 Å². The first-order valence-electron chi connectivity index (χ1n) is 6.17. The van der Waals surface area contributed by atoms with E-state index < -0.39 is 0 Å². The molecule has 0 aliphatic carbocycles. The van der Waals surface area contributed by atoms with Gasteiger partial charge in [-0.2, -0.15) is 0 Å². The number of hydrogen-bond acceptors (Lipinski definition) is 3. The number of carbonyl (C=O) groups excluding carboxylic acids is 1. The lowest BCUT2D eigenvalue weighted by molar-refractivity contribution is 0.0950. The molecule has 0 aliphatic rings. The second-order valence-electron chi connectivity index (χ2n) is 4.36. The van der Waals surface area contributed by atoms with Gasteiger partial charge >= 0.3 is 0 Å². The molecule has 0 spiro atoms. The number of nitrogens with one attached hydrogen (secondary N) is 2. The van der Waals surface area contributed by atoms with Crippen molar-refractivity contribution < 1.29 is 4.79 Å². The van der Waals surface area contributed by atoms with E-state index in [-0.39, 0.29) is 28.3 Å². The summed E-state index contributed by atoms with van der Waals surface area (Å²) in [6, 6.07) is 10.7. The maximum absolute atomic E-state index is 12.0. The molecule has 0 saturated heterocycles. The van der Waals surface area contributed by atoms with Gasteiger partial charge in [0.25, 0.3) is 5.91 Å². The molecule has 2 heterocycles. The number of halogens is 2. The lowest BCUT2D eigenvalue weighted by atomic mass is 10.2. The van der Waals surface area contributed by atoms with Crippen LogP contribution in [0.1, 0.15) is 16.2 Å². The van der Waals surface area contributed by atoms with Crippen molar-refractivity contribution in [3.63, 3.8) is 0 Å². The highest BCUT2D eigenvalue weighted by molar-refractivity contribution is 6.34. The van der Waals surface area contributed by atoms with Gasteiger partial charge in [0.1, 0.15) is 16.1 Å². The number of H-pyrrole nitrogens is 1. The van der Waals surface area contributed by atoms with Crippen LogP contribution >= 0.6 is 23.2 Å². The Bertz CT molecular complexity index is 783. The van der Waals surface area contributed by atoms with Crippen LogP contribution in [-0.4, -0.2) is 20.9 Å². The van der Waals surface area contributed by atoms with Gasteiger partial charge in [-0.25, -0.2) is 9.97 Å². The minimum atomic E-state index is -0.329. The number of imidazole rings is 1. The molecule has 0 aliphatic heterocycles. The molecule has 1 aromatic carbocycles. The molecule has 21 heavy (non-hydrogen) atoms. The van der Waals surface area contributed by atoms with Crippen LogP contribution in [-0.2, 0) is 6.54 Å². The summed E-state index contributed by atoms with van der Waals surface area (Å²) in [5.74, 6) is 0.340. The number of hydrogen-bond donors (Lipinski definition) is 2. The second-order valence-corrected chi connectivity index (χ2v) is 5.10. The van der Waals surface area contributed by atoms with E-state index in [1.165, 1.54) is 12.1 Å². The van der Waals surface area contributed by atoms with Crippen molar-refractivity contribution >= 4 is 40.1 Å². The monoisotopic (exact) mass is 320 g/mol. The zero-order chi connectivity index (χ0) is 14.8. The van der Waals surface area contributed by atoms with Crippen molar-refractivity contribution in [1.82, 2.24) is 20.3 Å². The van der Waals surface area contributed by atoms with E-state index >= 15 is 0 Å². The third-order valence-corrected chi connectivity index (χ3v) is 3.41. The third kappa shape index (κ3) is 2.99. The van der Waals surface area contributed by atoms with Crippen LogP contribution in [0.4, 0.5) is 0 Å². The number of pyridine rings is 1. The first kappa shape index (κ1) is 13.9. The van der Waals surface area contributed by atoms with E-state index in [4.69, 9.17) is 23.2 Å². The van der Waals surface area contributed by atoms with Crippen molar-refractivity contribution in [3.8, 4) is 0 Å². The number of fused-ring (bicyclic) bond motifs is 1. The zero-order valence-electron chi connectivity index (χ0n) is 10.7. The molecule has 0 radical (unpaired) electrons. The Morgan fingerprint density at radius 1 is 1.14 bits per heavy atom. The first-order valence-corrected chi connectivity index (χ1v) is 6.93. The summed E-state index contributed by atoms with van der Waals surface area (Å²) in [5.41, 5.74) is 2.05. The highest BCUT2D eigenvalue weighted by Gasteiger charge is 2.12. The minimum Gasteiger partial charge on any atom is -0.345 e. The van der Waals surface area contributed by atoms with Crippen LogP contribution in [0.15, 0.2) is 36.4 Å². The maximum atomic E-state index is 12.0. The average Bonchev–Trinajstić information content (AvgIpc) is 2.87. The van der Waals surface area contributed by atoms with Gasteiger partial charge in [0.2, 0.25) is 0 Å². The molecule has 3 rings (SSSR count). The molecule has 0 atom stereocenters. The van der Waals surface area contributed by atoms with Crippen molar-refractivity contribution in [1.29, 1.82) is 0 Å². The zero-order valence-corrected chi connectivity index (χ0v) is 12.2. The topological polar surface area (TPSA) is 70.7 Å². The highest BCUT2D eigenvalue weighted by atomic mass is 35.5. The Morgan fingerprint density at radius 3 is 2.71 bits per heavy atom. The highest BCUT2D eigenvalue weighted by Crippen LogP contribution is 2.16. The first-order chi connectivity index (χ1) is 10.1. The number of amides is 1. The predicted octanol–water partition coefficient (Wildman–Crippen LogP) is 3.19. The predicted molar refractivity (Wildman–Crippen MR) is 81.5 cm³/mol. The summed E-state index contributed by atoms with van der Waals surface area (Å²) < 4.78 is 0. The van der Waals surface area contributed by atoms with Gasteiger partial charge < -0.3 is 10.3 Å². The number of nitrogens with zero attached hydrogens (tertiary/aromatic N) is 2. The van der Waals surface area contributed by atoms with E-state index in [1.54, 1.807) is 0 Å². The molecule has 2 aromatic heterocycles. The Labute approximate surface area is 130 Å². The summed E-state index contributed by atoms with van der Waals surface area (Å²) in [4.78, 5) is 23.4. The van der Waals surface area contributed by atoms with Crippen LogP contribution in [0, 0.1) is 0 Å². The lowest BCUT2D eigenvalue weighted by Crippen LogP contribution is -2.23. The summed E-state index contributed by atoms with van der Waals surface area (Å²) in [6.45, 7) is 0.270. The fraction of sp³-hybridized carbons (Fsp3) is 0.0714. The largest absolute Gasteiger partial charge is 0.345 e. The molecule has 7 heteroatoms. The average molecular weight is 321 g/mol. The summed E-state index contributed by atoms with van der Waals surface area (Å²) in [7, 11) is 0. The normalized spacial score (nSPS) is 10.8. The Morgan fingerprint density at radius 2 is 1.95 bits per heavy atom. The number of para-hydroxylation sites is 2. The van der Waals surface area contributed by atoms with Gasteiger partial charge in [0.15, 0.2) is 0 Å². The number of benzene rings is 1. The summed E-state index contributed by atoms with van der Waals surface area (Å²) in [5, 5.41) is 3.05. The molecule has 3 aromatic rings. The van der Waals surface area contributed by atoms with E-state index in [1.807, 2.05) is 24.3 Å². The second kappa shape index (κ2) is 5.71. The van der Waals surface area contributed by atoms with Crippen molar-refractivity contribution in [2.45, 2.75) is 6.54 Å². The van der Waals surface area contributed by atoms with Crippen molar-refractivity contribution in [2.24, 2.45) is 0 Å². The minimum absolute atomic E-state index is 0.0737. The molecule has 2 N–H and O–H groups in total. The van der Waals surface area contributed by atoms with Crippen LogP contribution in [0.3, 0.4) is 0 Å². The Balaban J connectivity index is 1.73. The number of aromatic nitrogens is 3. The Kier molecular flexibility index (Phi) is 3.77. The van der Waals surface area contributed by atoms with Gasteiger partial charge in [-0.15, -0.1) is 0 Å². The molecule has 0 unspecified atom stereocenters. The third-order valence-electron chi connectivity index (χ3n) is 2.91. The SMILES string of the molecule is O=C(NCc1nc2ccccc2[nH]1)c1ccc(Cl)nc1Cl. The van der Waals surface area contributed by atoms with E-state index in [2.05, 4.69) is 20.3 Å². The van der Waals surface area contributed by atoms with E-state index in [0.717, 1.165) is 11.0 Å². The van der Waals surface area contributed by atoms with Gasteiger partial charge in [-0.1, -0.05) is 35.3 Å². The van der Waals surface area contributed by atoms with E-state index in [9.17, 15) is 4.79 Å². The summed E-state index contributed by atoms with van der Waals surface area (Å²) in [6.07, 6.45) is 0. The molecule has 0 saturated carbocycles. The van der Waals surface area contributed by atoms with Crippen molar-refractivity contribution in [2.75, 3.05) is 0 Å². The molecule has 106 valence electrons. The molecular weight excluding hydrogens is 311 g/mol. The van der Waals surface area contributed by atoms with Gasteiger partial charge in [-0.05, 0) is 24.3 Å². The molecule has 1 amide bonds. The van der Waals surface area contributed by atoms with Crippen LogP contribution < -0.4 is 5.32 Å².